The lowest BCUT2D eigenvalue weighted by molar-refractivity contribution is -0.141. The molecular weight excluding hydrogens is 326 g/mol. The number of likely N-dealkylation sites (tertiary alicyclic amines) is 1. The van der Waals surface area contributed by atoms with E-state index in [2.05, 4.69) is 15.9 Å². The third-order valence-electron chi connectivity index (χ3n) is 3.49. The molecule has 2 unspecified atom stereocenters. The maximum atomic E-state index is 12.6. The van der Waals surface area contributed by atoms with Crippen LogP contribution in [0.5, 0.6) is 0 Å². The summed E-state index contributed by atoms with van der Waals surface area (Å²) in [4.78, 5) is 25.2. The van der Waals surface area contributed by atoms with Crippen molar-refractivity contribution in [3.8, 4) is 0 Å². The molecule has 20 heavy (non-hydrogen) atoms. The van der Waals surface area contributed by atoms with Gasteiger partial charge < -0.3 is 14.7 Å². The van der Waals surface area contributed by atoms with E-state index < -0.39 is 12.0 Å². The van der Waals surface area contributed by atoms with Crippen LogP contribution in [0.1, 0.15) is 22.3 Å². The lowest BCUT2D eigenvalue weighted by atomic mass is 10.1. The number of hydrogen-bond acceptors (Lipinski definition) is 3. The van der Waals surface area contributed by atoms with Gasteiger partial charge in [0.25, 0.3) is 5.91 Å². The Morgan fingerprint density at radius 1 is 1.45 bits per heavy atom. The quantitative estimate of drug-likeness (QED) is 0.913. The number of carboxylic acid groups (broad SMARTS) is 1. The van der Waals surface area contributed by atoms with Gasteiger partial charge in [-0.2, -0.15) is 0 Å². The van der Waals surface area contributed by atoms with Crippen molar-refractivity contribution in [2.45, 2.75) is 25.5 Å². The van der Waals surface area contributed by atoms with Crippen LogP contribution in [0.4, 0.5) is 0 Å². The average molecular weight is 342 g/mol. The van der Waals surface area contributed by atoms with Gasteiger partial charge in [0.15, 0.2) is 0 Å². The van der Waals surface area contributed by atoms with Gasteiger partial charge in [-0.05, 0) is 35.0 Å². The molecule has 108 valence electrons. The molecule has 2 atom stereocenters. The largest absolute Gasteiger partial charge is 0.480 e. The third-order valence-corrected chi connectivity index (χ3v) is 4.19. The molecule has 0 aliphatic carbocycles. The van der Waals surface area contributed by atoms with Gasteiger partial charge in [-0.15, -0.1) is 0 Å². The zero-order chi connectivity index (χ0) is 14.9. The van der Waals surface area contributed by atoms with E-state index in [-0.39, 0.29) is 12.0 Å². The van der Waals surface area contributed by atoms with Gasteiger partial charge in [-0.3, -0.25) is 4.79 Å². The summed E-state index contributed by atoms with van der Waals surface area (Å²) in [5.41, 5.74) is 1.43. The first-order chi connectivity index (χ1) is 9.43. The number of hydrogen-bond donors (Lipinski definition) is 1. The number of methoxy groups -OCH3 is 1. The average Bonchev–Trinajstić information content (AvgIpc) is 2.85. The highest BCUT2D eigenvalue weighted by atomic mass is 79.9. The summed E-state index contributed by atoms with van der Waals surface area (Å²) < 4.78 is 5.86. The lowest BCUT2D eigenvalue weighted by Crippen LogP contribution is -2.40. The molecule has 1 aromatic rings. The van der Waals surface area contributed by atoms with Crippen molar-refractivity contribution in [3.05, 3.63) is 33.8 Å². The Hall–Kier alpha value is -1.40. The summed E-state index contributed by atoms with van der Waals surface area (Å²) in [6.07, 6.45) is 0.0877. The molecule has 2 rings (SSSR count). The van der Waals surface area contributed by atoms with Gasteiger partial charge in [-0.1, -0.05) is 11.6 Å². The molecule has 1 aliphatic heterocycles. The number of ether oxygens (including phenoxy) is 1. The number of aryl methyl sites for hydroxylation is 1. The Labute approximate surface area is 125 Å². The predicted molar refractivity (Wildman–Crippen MR) is 76.8 cm³/mol. The number of amides is 1. The second-order valence-electron chi connectivity index (χ2n) is 4.89. The normalized spacial score (nSPS) is 22.1. The number of carbonyl (C=O) groups is 2. The van der Waals surface area contributed by atoms with Gasteiger partial charge >= 0.3 is 5.97 Å². The molecule has 1 aromatic carbocycles. The highest BCUT2D eigenvalue weighted by Crippen LogP contribution is 2.26. The smallest absolute Gasteiger partial charge is 0.326 e. The number of nitrogens with zero attached hydrogens (tertiary/aromatic N) is 1. The number of carbonyl (C=O) groups excluding carboxylic acids is 1. The molecule has 1 fully saturated rings. The Morgan fingerprint density at radius 2 is 2.15 bits per heavy atom. The maximum Gasteiger partial charge on any atom is 0.326 e. The topological polar surface area (TPSA) is 66.8 Å². The van der Waals surface area contributed by atoms with E-state index in [0.717, 1.165) is 5.56 Å². The fourth-order valence-electron chi connectivity index (χ4n) is 2.38. The summed E-state index contributed by atoms with van der Waals surface area (Å²) in [7, 11) is 1.53. The Kier molecular flexibility index (Phi) is 4.45. The van der Waals surface area contributed by atoms with Crippen LogP contribution >= 0.6 is 15.9 Å². The molecule has 0 aromatic heterocycles. The van der Waals surface area contributed by atoms with Crippen molar-refractivity contribution in [1.82, 2.24) is 4.90 Å². The highest BCUT2D eigenvalue weighted by Gasteiger charge is 2.40. The van der Waals surface area contributed by atoms with Crippen molar-refractivity contribution < 1.29 is 19.4 Å². The minimum Gasteiger partial charge on any atom is -0.480 e. The zero-order valence-electron chi connectivity index (χ0n) is 11.3. The number of carboxylic acids is 1. The van der Waals surface area contributed by atoms with Crippen LogP contribution in [0.25, 0.3) is 0 Å². The molecule has 6 heteroatoms. The molecule has 1 N–H and O–H groups in total. The number of halogens is 1. The van der Waals surface area contributed by atoms with Gasteiger partial charge in [-0.25, -0.2) is 4.79 Å². The summed E-state index contributed by atoms with van der Waals surface area (Å²) in [5.74, 6) is -1.28. The van der Waals surface area contributed by atoms with Gasteiger partial charge in [0.05, 0.1) is 11.7 Å². The number of rotatable bonds is 3. The van der Waals surface area contributed by atoms with E-state index in [1.54, 1.807) is 12.1 Å². The van der Waals surface area contributed by atoms with Crippen LogP contribution in [-0.4, -0.2) is 47.7 Å². The Balaban J connectivity index is 2.31. The van der Waals surface area contributed by atoms with Crippen molar-refractivity contribution in [3.63, 3.8) is 0 Å². The molecule has 0 spiro atoms. The summed E-state index contributed by atoms with van der Waals surface area (Å²) in [6.45, 7) is 2.19. The monoisotopic (exact) mass is 341 g/mol. The molecular formula is C14H16BrNO4. The fourth-order valence-corrected chi connectivity index (χ4v) is 2.80. The molecule has 1 amide bonds. The van der Waals surface area contributed by atoms with Crippen molar-refractivity contribution in [1.29, 1.82) is 0 Å². The predicted octanol–water partition coefficient (Wildman–Crippen LogP) is 2.07. The highest BCUT2D eigenvalue weighted by molar-refractivity contribution is 9.10. The lowest BCUT2D eigenvalue weighted by Gasteiger charge is -2.22. The second-order valence-corrected chi connectivity index (χ2v) is 5.74. The van der Waals surface area contributed by atoms with Crippen LogP contribution in [0.2, 0.25) is 0 Å². The van der Waals surface area contributed by atoms with Gasteiger partial charge in [0, 0.05) is 24.5 Å². The first kappa shape index (κ1) is 15.0. The van der Waals surface area contributed by atoms with Crippen molar-refractivity contribution >= 4 is 27.8 Å². The SMILES string of the molecule is COC1CC(C(=O)O)N(C(=O)c2cc(C)ccc2Br)C1. The van der Waals surface area contributed by atoms with E-state index in [9.17, 15) is 14.7 Å². The van der Waals surface area contributed by atoms with E-state index in [1.807, 2.05) is 13.0 Å². The number of aliphatic carboxylic acids is 1. The second kappa shape index (κ2) is 5.93. The number of benzene rings is 1. The molecule has 5 nitrogen and oxygen atoms in total. The van der Waals surface area contributed by atoms with E-state index in [1.165, 1.54) is 12.0 Å². The molecule has 1 saturated heterocycles. The minimum absolute atomic E-state index is 0.233. The Morgan fingerprint density at radius 3 is 2.75 bits per heavy atom. The van der Waals surface area contributed by atoms with Gasteiger partial charge in [0.1, 0.15) is 6.04 Å². The molecule has 1 aliphatic rings. The van der Waals surface area contributed by atoms with E-state index >= 15 is 0 Å². The minimum atomic E-state index is -0.998. The summed E-state index contributed by atoms with van der Waals surface area (Å²) >= 11 is 3.34. The van der Waals surface area contributed by atoms with Crippen molar-refractivity contribution in [2.75, 3.05) is 13.7 Å². The molecule has 0 saturated carbocycles. The standard InChI is InChI=1S/C14H16BrNO4/c1-8-3-4-11(15)10(5-8)13(17)16-7-9(20-2)6-12(16)14(18)19/h3-5,9,12H,6-7H2,1-2H3,(H,18,19). The van der Waals surface area contributed by atoms with Crippen LogP contribution < -0.4 is 0 Å². The summed E-state index contributed by atoms with van der Waals surface area (Å²) in [6, 6.07) is 4.60. The van der Waals surface area contributed by atoms with Crippen LogP contribution in [0.15, 0.2) is 22.7 Å². The van der Waals surface area contributed by atoms with Crippen molar-refractivity contribution in [2.24, 2.45) is 0 Å². The molecule has 0 bridgehead atoms. The summed E-state index contributed by atoms with van der Waals surface area (Å²) in [5, 5.41) is 9.26. The van der Waals surface area contributed by atoms with Crippen LogP contribution in [0, 0.1) is 6.92 Å². The van der Waals surface area contributed by atoms with Gasteiger partial charge in [0.2, 0.25) is 0 Å². The van der Waals surface area contributed by atoms with E-state index in [0.29, 0.717) is 23.0 Å². The zero-order valence-corrected chi connectivity index (χ0v) is 12.9. The maximum absolute atomic E-state index is 12.6. The fraction of sp³-hybridized carbons (Fsp3) is 0.429. The van der Waals surface area contributed by atoms with Crippen LogP contribution in [-0.2, 0) is 9.53 Å². The third kappa shape index (κ3) is 2.86. The first-order valence-corrected chi connectivity index (χ1v) is 7.06. The first-order valence-electron chi connectivity index (χ1n) is 6.26. The van der Waals surface area contributed by atoms with Crippen LogP contribution in [0.3, 0.4) is 0 Å². The van der Waals surface area contributed by atoms with E-state index in [4.69, 9.17) is 4.74 Å². The molecule has 1 heterocycles. The molecule has 0 radical (unpaired) electrons. The Bertz CT molecular complexity index is 546.